The molecule has 0 spiro atoms. The van der Waals surface area contributed by atoms with Crippen molar-refractivity contribution in [3.63, 3.8) is 0 Å². The Morgan fingerprint density at radius 2 is 1.68 bits per heavy atom. The molecule has 0 amide bonds. The number of piperidine rings is 1. The summed E-state index contributed by atoms with van der Waals surface area (Å²) in [6.45, 7) is 3.50. The van der Waals surface area contributed by atoms with Crippen LogP contribution in [-0.4, -0.2) is 56.5 Å². The van der Waals surface area contributed by atoms with Gasteiger partial charge in [-0.05, 0) is 57.5 Å². The second-order valence-corrected chi connectivity index (χ2v) is 8.83. The molecular formula is C14H26N2O2S. The minimum absolute atomic E-state index is 0.407. The van der Waals surface area contributed by atoms with Crippen LogP contribution in [0.25, 0.3) is 0 Å². The minimum Gasteiger partial charge on any atom is -0.316 e. The average Bonchev–Trinajstić information content (AvgIpc) is 3.22. The third-order valence-electron chi connectivity index (χ3n) is 4.88. The Hall–Kier alpha value is -0.130. The number of nitrogens with one attached hydrogen (secondary N) is 1. The maximum atomic E-state index is 11.6. The van der Waals surface area contributed by atoms with Crippen LogP contribution in [0.2, 0.25) is 0 Å². The highest BCUT2D eigenvalue weighted by Crippen LogP contribution is 2.33. The lowest BCUT2D eigenvalue weighted by molar-refractivity contribution is 0.135. The third-order valence-corrected chi connectivity index (χ3v) is 6.59. The standard InChI is InChI=1S/C14H26N2O2S/c17-19(18)8-5-14(6-9-19)16(13-3-4-13)11-12-2-1-7-15-10-12/h12-15H,1-11H2. The van der Waals surface area contributed by atoms with Gasteiger partial charge in [0.2, 0.25) is 0 Å². The smallest absolute Gasteiger partial charge is 0.150 e. The summed E-state index contributed by atoms with van der Waals surface area (Å²) >= 11 is 0. The molecule has 2 saturated heterocycles. The van der Waals surface area contributed by atoms with Gasteiger partial charge in [-0.3, -0.25) is 4.90 Å². The van der Waals surface area contributed by atoms with Crippen LogP contribution in [-0.2, 0) is 9.84 Å². The third kappa shape index (κ3) is 3.70. The van der Waals surface area contributed by atoms with E-state index in [9.17, 15) is 8.42 Å². The van der Waals surface area contributed by atoms with Gasteiger partial charge in [0, 0.05) is 18.6 Å². The van der Waals surface area contributed by atoms with E-state index in [1.54, 1.807) is 0 Å². The second kappa shape index (κ2) is 5.70. The number of nitrogens with zero attached hydrogens (tertiary/aromatic N) is 1. The largest absolute Gasteiger partial charge is 0.316 e. The Balaban J connectivity index is 1.58. The van der Waals surface area contributed by atoms with Crippen molar-refractivity contribution in [2.75, 3.05) is 31.1 Å². The summed E-state index contributed by atoms with van der Waals surface area (Å²) < 4.78 is 23.1. The number of hydrogen-bond donors (Lipinski definition) is 1. The van der Waals surface area contributed by atoms with Gasteiger partial charge >= 0.3 is 0 Å². The lowest BCUT2D eigenvalue weighted by atomic mass is 9.97. The number of rotatable bonds is 4. The predicted molar refractivity (Wildman–Crippen MR) is 77.0 cm³/mol. The van der Waals surface area contributed by atoms with Gasteiger partial charge in [0.15, 0.2) is 0 Å². The first-order valence-electron chi connectivity index (χ1n) is 7.81. The zero-order valence-electron chi connectivity index (χ0n) is 11.7. The zero-order valence-corrected chi connectivity index (χ0v) is 12.5. The van der Waals surface area contributed by atoms with Crippen LogP contribution in [0.1, 0.15) is 38.5 Å². The molecule has 3 rings (SSSR count). The second-order valence-electron chi connectivity index (χ2n) is 6.52. The highest BCUT2D eigenvalue weighted by atomic mass is 32.2. The van der Waals surface area contributed by atoms with E-state index in [4.69, 9.17) is 0 Å². The molecule has 1 aliphatic carbocycles. The van der Waals surface area contributed by atoms with E-state index in [1.807, 2.05) is 0 Å². The van der Waals surface area contributed by atoms with Gasteiger partial charge in [-0.15, -0.1) is 0 Å². The Morgan fingerprint density at radius 1 is 1.00 bits per heavy atom. The lowest BCUT2D eigenvalue weighted by Crippen LogP contribution is -2.47. The first-order chi connectivity index (χ1) is 9.14. The van der Waals surface area contributed by atoms with E-state index in [-0.39, 0.29) is 0 Å². The summed E-state index contributed by atoms with van der Waals surface area (Å²) in [5.41, 5.74) is 0. The van der Waals surface area contributed by atoms with E-state index in [0.29, 0.717) is 17.5 Å². The number of hydrogen-bond acceptors (Lipinski definition) is 4. The van der Waals surface area contributed by atoms with Gasteiger partial charge in [-0.2, -0.15) is 0 Å². The highest BCUT2D eigenvalue weighted by Gasteiger charge is 2.37. The Bertz CT molecular complexity index is 386. The van der Waals surface area contributed by atoms with E-state index >= 15 is 0 Å². The maximum Gasteiger partial charge on any atom is 0.150 e. The van der Waals surface area contributed by atoms with Crippen molar-refractivity contribution in [1.82, 2.24) is 10.2 Å². The molecule has 1 atom stereocenters. The predicted octanol–water partition coefficient (Wildman–Crippen LogP) is 1.03. The Morgan fingerprint density at radius 3 is 2.26 bits per heavy atom. The summed E-state index contributed by atoms with van der Waals surface area (Å²) in [7, 11) is -2.73. The average molecular weight is 286 g/mol. The van der Waals surface area contributed by atoms with Gasteiger partial charge in [-0.25, -0.2) is 8.42 Å². The molecule has 3 aliphatic rings. The molecule has 0 bridgehead atoms. The summed E-state index contributed by atoms with van der Waals surface area (Å²) in [6, 6.07) is 1.28. The minimum atomic E-state index is -2.73. The summed E-state index contributed by atoms with van der Waals surface area (Å²) in [5, 5.41) is 3.49. The summed E-state index contributed by atoms with van der Waals surface area (Å²) in [6.07, 6.45) is 6.99. The van der Waals surface area contributed by atoms with Crippen molar-refractivity contribution in [3.05, 3.63) is 0 Å². The molecule has 2 aliphatic heterocycles. The summed E-state index contributed by atoms with van der Waals surface area (Å²) in [4.78, 5) is 2.66. The molecule has 4 nitrogen and oxygen atoms in total. The monoisotopic (exact) mass is 286 g/mol. The summed E-state index contributed by atoms with van der Waals surface area (Å²) in [5.74, 6) is 1.58. The fourth-order valence-electron chi connectivity index (χ4n) is 3.59. The van der Waals surface area contributed by atoms with Crippen molar-refractivity contribution in [3.8, 4) is 0 Å². The molecule has 2 heterocycles. The Labute approximate surface area is 116 Å². The van der Waals surface area contributed by atoms with Crippen LogP contribution >= 0.6 is 0 Å². The first-order valence-corrected chi connectivity index (χ1v) is 9.63. The van der Waals surface area contributed by atoms with Crippen molar-refractivity contribution in [1.29, 1.82) is 0 Å². The van der Waals surface area contributed by atoms with E-state index < -0.39 is 9.84 Å². The van der Waals surface area contributed by atoms with E-state index in [1.165, 1.54) is 38.8 Å². The van der Waals surface area contributed by atoms with Crippen molar-refractivity contribution < 1.29 is 8.42 Å². The van der Waals surface area contributed by atoms with Crippen molar-refractivity contribution in [2.24, 2.45) is 5.92 Å². The van der Waals surface area contributed by atoms with Crippen LogP contribution in [0.3, 0.4) is 0 Å². The van der Waals surface area contributed by atoms with Crippen LogP contribution in [0.15, 0.2) is 0 Å². The molecule has 0 aromatic heterocycles. The van der Waals surface area contributed by atoms with Crippen LogP contribution in [0.5, 0.6) is 0 Å². The quantitative estimate of drug-likeness (QED) is 0.838. The lowest BCUT2D eigenvalue weighted by Gasteiger charge is -2.37. The van der Waals surface area contributed by atoms with Gasteiger partial charge in [-0.1, -0.05) is 0 Å². The maximum absolute atomic E-state index is 11.6. The number of sulfone groups is 1. The molecule has 5 heteroatoms. The van der Waals surface area contributed by atoms with Crippen molar-refractivity contribution in [2.45, 2.75) is 50.6 Å². The van der Waals surface area contributed by atoms with Crippen LogP contribution < -0.4 is 5.32 Å². The van der Waals surface area contributed by atoms with Crippen LogP contribution in [0.4, 0.5) is 0 Å². The molecule has 0 radical (unpaired) electrons. The highest BCUT2D eigenvalue weighted by molar-refractivity contribution is 7.91. The molecule has 1 saturated carbocycles. The van der Waals surface area contributed by atoms with Crippen LogP contribution in [0, 0.1) is 5.92 Å². The van der Waals surface area contributed by atoms with Gasteiger partial charge in [0.1, 0.15) is 9.84 Å². The fraction of sp³-hybridized carbons (Fsp3) is 1.00. The normalized spacial score (nSPS) is 32.6. The molecule has 0 aromatic carbocycles. The van der Waals surface area contributed by atoms with Gasteiger partial charge in [0.25, 0.3) is 0 Å². The fourth-order valence-corrected chi connectivity index (χ4v) is 5.06. The van der Waals surface area contributed by atoms with Gasteiger partial charge < -0.3 is 5.32 Å². The molecular weight excluding hydrogens is 260 g/mol. The Kier molecular flexibility index (Phi) is 4.15. The molecule has 3 fully saturated rings. The molecule has 1 unspecified atom stereocenters. The van der Waals surface area contributed by atoms with E-state index in [2.05, 4.69) is 10.2 Å². The SMILES string of the molecule is O=S1(=O)CCC(N(CC2CCCNC2)C2CC2)CC1. The molecule has 110 valence electrons. The van der Waals surface area contributed by atoms with Crippen molar-refractivity contribution >= 4 is 9.84 Å². The topological polar surface area (TPSA) is 49.4 Å². The molecule has 0 aromatic rings. The molecule has 1 N–H and O–H groups in total. The molecule has 19 heavy (non-hydrogen) atoms. The zero-order chi connectivity index (χ0) is 13.3. The van der Waals surface area contributed by atoms with Gasteiger partial charge in [0.05, 0.1) is 11.5 Å². The van der Waals surface area contributed by atoms with E-state index in [0.717, 1.165) is 31.3 Å². The first kappa shape index (κ1) is 13.8.